The summed E-state index contributed by atoms with van der Waals surface area (Å²) in [5.74, 6) is 0. The number of aryl methyl sites for hydroxylation is 3. The Balaban J connectivity index is 2.30. The lowest BCUT2D eigenvalue weighted by Crippen LogP contribution is -1.92. The summed E-state index contributed by atoms with van der Waals surface area (Å²) in [5, 5.41) is 5.02. The van der Waals surface area contributed by atoms with E-state index in [-0.39, 0.29) is 0 Å². The lowest BCUT2D eigenvalue weighted by Gasteiger charge is -2.12. The summed E-state index contributed by atoms with van der Waals surface area (Å²) in [5.41, 5.74) is 6.12. The average molecular weight is 271 g/mol. The average Bonchev–Trinajstić information content (AvgIpc) is 2.48. The largest absolute Gasteiger partial charge is 0.247 e. The second kappa shape index (κ2) is 4.29. The Morgan fingerprint density at radius 3 is 2.38 bits per heavy atom. The molecular formula is C20H17N. The minimum absolute atomic E-state index is 1.12. The first-order chi connectivity index (χ1) is 10.1. The molecular weight excluding hydrogens is 254 g/mol. The van der Waals surface area contributed by atoms with Gasteiger partial charge in [0.2, 0.25) is 0 Å². The van der Waals surface area contributed by atoms with Crippen LogP contribution in [-0.4, -0.2) is 4.98 Å². The third kappa shape index (κ3) is 1.74. The molecule has 0 spiro atoms. The van der Waals surface area contributed by atoms with E-state index in [0.717, 1.165) is 11.0 Å². The van der Waals surface area contributed by atoms with E-state index in [4.69, 9.17) is 4.98 Å². The van der Waals surface area contributed by atoms with E-state index in [1.165, 1.54) is 38.2 Å². The molecule has 1 aromatic heterocycles. The standard InChI is InChI=1S/C20H17N/c1-12-10-13(2)19-18(11-12)14(3)16-9-8-15-6-4-5-7-17(15)20(16)21-19/h4-11H,1-3H3. The van der Waals surface area contributed by atoms with Gasteiger partial charge in [-0.2, -0.15) is 0 Å². The Hall–Kier alpha value is -2.41. The highest BCUT2D eigenvalue weighted by molar-refractivity contribution is 6.10. The highest BCUT2D eigenvalue weighted by Gasteiger charge is 2.10. The first-order valence-electron chi connectivity index (χ1n) is 7.34. The van der Waals surface area contributed by atoms with Crippen molar-refractivity contribution in [2.45, 2.75) is 20.8 Å². The molecule has 1 nitrogen and oxygen atoms in total. The fourth-order valence-electron chi connectivity index (χ4n) is 3.33. The molecule has 0 unspecified atom stereocenters. The summed E-state index contributed by atoms with van der Waals surface area (Å²) >= 11 is 0. The number of rotatable bonds is 0. The molecule has 0 saturated carbocycles. The monoisotopic (exact) mass is 271 g/mol. The molecule has 102 valence electrons. The molecule has 0 aliphatic heterocycles. The second-order valence-electron chi connectivity index (χ2n) is 5.90. The number of aromatic nitrogens is 1. The van der Waals surface area contributed by atoms with Gasteiger partial charge in [-0.05, 0) is 43.4 Å². The van der Waals surface area contributed by atoms with Gasteiger partial charge >= 0.3 is 0 Å². The van der Waals surface area contributed by atoms with Gasteiger partial charge in [0.05, 0.1) is 11.0 Å². The van der Waals surface area contributed by atoms with Gasteiger partial charge < -0.3 is 0 Å². The Labute approximate surface area is 124 Å². The van der Waals surface area contributed by atoms with Gasteiger partial charge in [-0.3, -0.25) is 0 Å². The predicted molar refractivity (Wildman–Crippen MR) is 91.0 cm³/mol. The molecule has 0 atom stereocenters. The highest BCUT2D eigenvalue weighted by Crippen LogP contribution is 2.32. The summed E-state index contributed by atoms with van der Waals surface area (Å²) < 4.78 is 0. The third-order valence-electron chi connectivity index (χ3n) is 4.38. The Kier molecular flexibility index (Phi) is 2.52. The van der Waals surface area contributed by atoms with Crippen LogP contribution >= 0.6 is 0 Å². The first kappa shape index (κ1) is 12.3. The van der Waals surface area contributed by atoms with Crippen LogP contribution in [0.4, 0.5) is 0 Å². The van der Waals surface area contributed by atoms with Crippen LogP contribution in [-0.2, 0) is 0 Å². The zero-order chi connectivity index (χ0) is 14.6. The van der Waals surface area contributed by atoms with Crippen LogP contribution in [0.3, 0.4) is 0 Å². The number of fused-ring (bicyclic) bond motifs is 4. The quantitative estimate of drug-likeness (QED) is 0.305. The van der Waals surface area contributed by atoms with Crippen molar-refractivity contribution >= 4 is 32.6 Å². The molecule has 0 aliphatic carbocycles. The van der Waals surface area contributed by atoms with Crippen LogP contribution in [0.15, 0.2) is 48.5 Å². The maximum atomic E-state index is 5.01. The van der Waals surface area contributed by atoms with E-state index >= 15 is 0 Å². The number of hydrogen-bond donors (Lipinski definition) is 0. The molecule has 0 N–H and O–H groups in total. The Bertz CT molecular complexity index is 1010. The van der Waals surface area contributed by atoms with Crippen LogP contribution in [0.25, 0.3) is 32.6 Å². The number of hydrogen-bond acceptors (Lipinski definition) is 1. The Morgan fingerprint density at radius 2 is 1.52 bits per heavy atom. The van der Waals surface area contributed by atoms with Gasteiger partial charge in [0, 0.05) is 16.2 Å². The van der Waals surface area contributed by atoms with Gasteiger partial charge in [-0.15, -0.1) is 0 Å². The fraction of sp³-hybridized carbons (Fsp3) is 0.150. The summed E-state index contributed by atoms with van der Waals surface area (Å²) in [4.78, 5) is 5.01. The molecule has 4 aromatic rings. The van der Waals surface area contributed by atoms with Crippen LogP contribution in [0.2, 0.25) is 0 Å². The molecule has 0 bridgehead atoms. The fourth-order valence-corrected chi connectivity index (χ4v) is 3.33. The molecule has 0 radical (unpaired) electrons. The van der Waals surface area contributed by atoms with Gasteiger partial charge in [0.1, 0.15) is 0 Å². The van der Waals surface area contributed by atoms with Gasteiger partial charge in [0.15, 0.2) is 0 Å². The van der Waals surface area contributed by atoms with Crippen molar-refractivity contribution in [2.75, 3.05) is 0 Å². The van der Waals surface area contributed by atoms with Crippen molar-refractivity contribution in [3.8, 4) is 0 Å². The van der Waals surface area contributed by atoms with E-state index in [0.29, 0.717) is 0 Å². The summed E-state index contributed by atoms with van der Waals surface area (Å²) in [6, 6.07) is 17.3. The van der Waals surface area contributed by atoms with Gasteiger partial charge in [0.25, 0.3) is 0 Å². The zero-order valence-electron chi connectivity index (χ0n) is 12.6. The minimum atomic E-state index is 1.12. The zero-order valence-corrected chi connectivity index (χ0v) is 12.6. The molecule has 0 aliphatic rings. The van der Waals surface area contributed by atoms with E-state index in [1.54, 1.807) is 0 Å². The molecule has 4 rings (SSSR count). The normalized spacial score (nSPS) is 11.6. The number of benzene rings is 3. The van der Waals surface area contributed by atoms with Crippen LogP contribution < -0.4 is 0 Å². The van der Waals surface area contributed by atoms with Crippen molar-refractivity contribution in [3.63, 3.8) is 0 Å². The van der Waals surface area contributed by atoms with Crippen molar-refractivity contribution in [1.82, 2.24) is 4.98 Å². The topological polar surface area (TPSA) is 12.9 Å². The van der Waals surface area contributed by atoms with Gasteiger partial charge in [-0.25, -0.2) is 4.98 Å². The molecule has 1 heteroatoms. The molecule has 3 aromatic carbocycles. The lowest BCUT2D eigenvalue weighted by atomic mass is 9.97. The predicted octanol–water partition coefficient (Wildman–Crippen LogP) is 5.47. The van der Waals surface area contributed by atoms with Crippen LogP contribution in [0, 0.1) is 20.8 Å². The van der Waals surface area contributed by atoms with Crippen molar-refractivity contribution < 1.29 is 0 Å². The summed E-state index contributed by atoms with van der Waals surface area (Å²) in [7, 11) is 0. The molecule has 1 heterocycles. The molecule has 21 heavy (non-hydrogen) atoms. The third-order valence-corrected chi connectivity index (χ3v) is 4.38. The van der Waals surface area contributed by atoms with Crippen molar-refractivity contribution in [1.29, 1.82) is 0 Å². The second-order valence-corrected chi connectivity index (χ2v) is 5.90. The maximum Gasteiger partial charge on any atom is 0.0790 e. The first-order valence-corrected chi connectivity index (χ1v) is 7.34. The van der Waals surface area contributed by atoms with Crippen molar-refractivity contribution in [2.24, 2.45) is 0 Å². The molecule has 0 amide bonds. The van der Waals surface area contributed by atoms with E-state index < -0.39 is 0 Å². The lowest BCUT2D eigenvalue weighted by molar-refractivity contribution is 1.37. The summed E-state index contributed by atoms with van der Waals surface area (Å²) in [6.07, 6.45) is 0. The number of nitrogens with zero attached hydrogens (tertiary/aromatic N) is 1. The Morgan fingerprint density at radius 1 is 0.714 bits per heavy atom. The van der Waals surface area contributed by atoms with Crippen LogP contribution in [0.1, 0.15) is 16.7 Å². The van der Waals surface area contributed by atoms with Crippen LogP contribution in [0.5, 0.6) is 0 Å². The highest BCUT2D eigenvalue weighted by atomic mass is 14.7. The molecule has 0 fully saturated rings. The van der Waals surface area contributed by atoms with E-state index in [1.807, 2.05) is 0 Å². The molecule has 0 saturated heterocycles. The van der Waals surface area contributed by atoms with E-state index in [9.17, 15) is 0 Å². The number of pyridine rings is 1. The van der Waals surface area contributed by atoms with Crippen molar-refractivity contribution in [3.05, 3.63) is 65.2 Å². The maximum absolute atomic E-state index is 5.01. The summed E-state index contributed by atoms with van der Waals surface area (Å²) in [6.45, 7) is 6.51. The van der Waals surface area contributed by atoms with Gasteiger partial charge in [-0.1, -0.05) is 48.0 Å². The van der Waals surface area contributed by atoms with E-state index in [2.05, 4.69) is 69.3 Å². The minimum Gasteiger partial charge on any atom is -0.247 e. The smallest absolute Gasteiger partial charge is 0.0790 e. The SMILES string of the molecule is Cc1cc(C)c2nc3c(ccc4ccccc43)c(C)c2c1.